The molecule has 2 amide bonds. The summed E-state index contributed by atoms with van der Waals surface area (Å²) in [4.78, 5) is 26.2. The van der Waals surface area contributed by atoms with Gasteiger partial charge in [-0.15, -0.1) is 0 Å². The Morgan fingerprint density at radius 1 is 0.973 bits per heavy atom. The van der Waals surface area contributed by atoms with Crippen LogP contribution in [0, 0.1) is 5.92 Å². The van der Waals surface area contributed by atoms with E-state index >= 15 is 0 Å². The molecule has 0 bridgehead atoms. The van der Waals surface area contributed by atoms with Crippen LogP contribution in [0.25, 0.3) is 11.3 Å². The van der Waals surface area contributed by atoms with Crippen molar-refractivity contribution in [1.82, 2.24) is 10.6 Å². The summed E-state index contributed by atoms with van der Waals surface area (Å²) in [5.74, 6) is 1.38. The molecule has 8 heteroatoms. The quantitative estimate of drug-likeness (QED) is 0.272. The zero-order valence-corrected chi connectivity index (χ0v) is 21.9. The molecule has 0 radical (unpaired) electrons. The van der Waals surface area contributed by atoms with Crippen molar-refractivity contribution in [3.05, 3.63) is 71.4 Å². The minimum atomic E-state index is -0.624. The van der Waals surface area contributed by atoms with Crippen molar-refractivity contribution in [1.29, 1.82) is 0 Å². The molecule has 0 spiro atoms. The molecule has 1 aliphatic carbocycles. The molecule has 196 valence electrons. The Morgan fingerprint density at radius 2 is 1.70 bits per heavy atom. The Hall–Kier alpha value is -3.45. The molecule has 1 heterocycles. The topological polar surface area (TPSA) is 92.6 Å². The van der Waals surface area contributed by atoms with Gasteiger partial charge in [-0.1, -0.05) is 43.7 Å². The van der Waals surface area contributed by atoms with Gasteiger partial charge >= 0.3 is 0 Å². The molecule has 0 saturated heterocycles. The third-order valence-electron chi connectivity index (χ3n) is 6.72. The van der Waals surface area contributed by atoms with Crippen LogP contribution in [0.1, 0.15) is 49.1 Å². The molecule has 1 aromatic heterocycles. The number of halogens is 1. The average Bonchev–Trinajstić information content (AvgIpc) is 3.42. The third-order valence-corrected chi connectivity index (χ3v) is 6.97. The van der Waals surface area contributed by atoms with Crippen LogP contribution in [-0.2, 0) is 4.79 Å². The number of ether oxygens (including phenoxy) is 1. The summed E-state index contributed by atoms with van der Waals surface area (Å²) >= 11 is 5.97. The van der Waals surface area contributed by atoms with E-state index in [1.807, 2.05) is 36.4 Å². The second-order valence-electron chi connectivity index (χ2n) is 9.38. The van der Waals surface area contributed by atoms with E-state index in [-0.39, 0.29) is 11.7 Å². The fourth-order valence-electron chi connectivity index (χ4n) is 4.67. The molecule has 1 atom stereocenters. The average molecular weight is 524 g/mol. The summed E-state index contributed by atoms with van der Waals surface area (Å²) in [6.07, 6.45) is 6.36. The first-order valence-corrected chi connectivity index (χ1v) is 13.2. The molecular weight excluding hydrogens is 490 g/mol. The Labute approximate surface area is 222 Å². The number of hydrogen-bond donors (Lipinski definition) is 3. The lowest BCUT2D eigenvalue weighted by Gasteiger charge is -2.26. The second-order valence-corrected chi connectivity index (χ2v) is 9.82. The SMILES string of the molecule is COc1ccc(NCCNC(=O)[C@H](CC2CCCCC2)NC(=O)c2ccc(-c3ccc(Cl)cc3)o2)cc1. The molecule has 0 unspecified atom stereocenters. The minimum absolute atomic E-state index is 0.174. The van der Waals surface area contributed by atoms with Gasteiger partial charge in [-0.2, -0.15) is 0 Å². The van der Waals surface area contributed by atoms with Crippen molar-refractivity contribution in [3.8, 4) is 17.1 Å². The summed E-state index contributed by atoms with van der Waals surface area (Å²) in [6.45, 7) is 0.994. The highest BCUT2D eigenvalue weighted by molar-refractivity contribution is 6.30. The zero-order chi connectivity index (χ0) is 26.0. The second kappa shape index (κ2) is 13.2. The number of rotatable bonds is 11. The molecule has 37 heavy (non-hydrogen) atoms. The number of anilines is 1. The summed E-state index contributed by atoms with van der Waals surface area (Å²) in [6, 6.07) is 17.6. The van der Waals surface area contributed by atoms with Crippen LogP contribution in [0.15, 0.2) is 65.1 Å². The van der Waals surface area contributed by atoms with Gasteiger partial charge in [0.25, 0.3) is 5.91 Å². The number of benzene rings is 2. The van der Waals surface area contributed by atoms with E-state index in [1.165, 1.54) is 19.3 Å². The molecule has 1 fully saturated rings. The van der Waals surface area contributed by atoms with Gasteiger partial charge in [-0.3, -0.25) is 9.59 Å². The summed E-state index contributed by atoms with van der Waals surface area (Å²) in [5, 5.41) is 9.81. The van der Waals surface area contributed by atoms with E-state index in [2.05, 4.69) is 16.0 Å². The van der Waals surface area contributed by atoms with E-state index in [0.717, 1.165) is 29.8 Å². The highest BCUT2D eigenvalue weighted by Crippen LogP contribution is 2.28. The minimum Gasteiger partial charge on any atom is -0.497 e. The third kappa shape index (κ3) is 7.76. The molecule has 3 N–H and O–H groups in total. The number of furan rings is 1. The highest BCUT2D eigenvalue weighted by atomic mass is 35.5. The number of methoxy groups -OCH3 is 1. The summed E-state index contributed by atoms with van der Waals surface area (Å²) in [5.41, 5.74) is 1.76. The van der Waals surface area contributed by atoms with E-state index in [0.29, 0.717) is 36.2 Å². The fraction of sp³-hybridized carbons (Fsp3) is 0.379. The predicted molar refractivity (Wildman–Crippen MR) is 146 cm³/mol. The molecule has 2 aromatic carbocycles. The van der Waals surface area contributed by atoms with Gasteiger partial charge in [0, 0.05) is 29.4 Å². The van der Waals surface area contributed by atoms with Crippen LogP contribution in [0.4, 0.5) is 5.69 Å². The predicted octanol–water partition coefficient (Wildman–Crippen LogP) is 5.91. The van der Waals surface area contributed by atoms with Gasteiger partial charge in [-0.05, 0) is 73.0 Å². The van der Waals surface area contributed by atoms with E-state index < -0.39 is 11.9 Å². The van der Waals surface area contributed by atoms with E-state index in [4.69, 9.17) is 20.8 Å². The molecule has 1 saturated carbocycles. The molecule has 4 rings (SSSR count). The Kier molecular flexibility index (Phi) is 9.49. The number of carbonyl (C=O) groups is 2. The maximum atomic E-state index is 13.1. The van der Waals surface area contributed by atoms with Crippen molar-refractivity contribution < 1.29 is 18.7 Å². The van der Waals surface area contributed by atoms with Crippen LogP contribution < -0.4 is 20.7 Å². The smallest absolute Gasteiger partial charge is 0.287 e. The standard InChI is InChI=1S/C29H34ClN3O4/c1-36-24-13-11-23(12-14-24)31-17-18-32-28(34)25(19-20-5-3-2-4-6-20)33-29(35)27-16-15-26(37-27)21-7-9-22(30)10-8-21/h7-16,20,25,31H,2-6,17-19H2,1H3,(H,32,34)(H,33,35)/t25-/m0/s1. The fourth-order valence-corrected chi connectivity index (χ4v) is 4.80. The number of amides is 2. The van der Waals surface area contributed by atoms with E-state index in [9.17, 15) is 9.59 Å². The summed E-state index contributed by atoms with van der Waals surface area (Å²) < 4.78 is 11.0. The Balaban J connectivity index is 1.34. The number of nitrogens with one attached hydrogen (secondary N) is 3. The van der Waals surface area contributed by atoms with Crippen molar-refractivity contribution >= 4 is 29.1 Å². The van der Waals surface area contributed by atoms with Gasteiger partial charge in [-0.25, -0.2) is 0 Å². The highest BCUT2D eigenvalue weighted by Gasteiger charge is 2.27. The Bertz CT molecular complexity index is 1150. The first-order valence-electron chi connectivity index (χ1n) is 12.8. The van der Waals surface area contributed by atoms with Crippen LogP contribution in [-0.4, -0.2) is 38.1 Å². The molecule has 0 aliphatic heterocycles. The van der Waals surface area contributed by atoms with Gasteiger partial charge in [0.05, 0.1) is 7.11 Å². The van der Waals surface area contributed by atoms with Crippen molar-refractivity contribution in [2.75, 3.05) is 25.5 Å². The molecule has 1 aliphatic rings. The van der Waals surface area contributed by atoms with Crippen LogP contribution in [0.5, 0.6) is 5.75 Å². The lowest BCUT2D eigenvalue weighted by atomic mass is 9.84. The molecule has 3 aromatic rings. The van der Waals surface area contributed by atoms with Gasteiger partial charge in [0.2, 0.25) is 5.91 Å². The zero-order valence-electron chi connectivity index (χ0n) is 21.1. The van der Waals surface area contributed by atoms with Crippen LogP contribution in [0.3, 0.4) is 0 Å². The van der Waals surface area contributed by atoms with Crippen molar-refractivity contribution in [2.45, 2.75) is 44.6 Å². The Morgan fingerprint density at radius 3 is 2.41 bits per heavy atom. The first-order chi connectivity index (χ1) is 18.0. The van der Waals surface area contributed by atoms with Crippen molar-refractivity contribution in [2.24, 2.45) is 5.92 Å². The lowest BCUT2D eigenvalue weighted by Crippen LogP contribution is -2.48. The largest absolute Gasteiger partial charge is 0.497 e. The molecule has 7 nitrogen and oxygen atoms in total. The summed E-state index contributed by atoms with van der Waals surface area (Å²) in [7, 11) is 1.63. The van der Waals surface area contributed by atoms with Gasteiger partial charge < -0.3 is 25.1 Å². The monoisotopic (exact) mass is 523 g/mol. The number of hydrogen-bond acceptors (Lipinski definition) is 5. The molecular formula is C29H34ClN3O4. The van der Waals surface area contributed by atoms with E-state index in [1.54, 1.807) is 31.4 Å². The normalized spacial score (nSPS) is 14.5. The van der Waals surface area contributed by atoms with Crippen LogP contribution >= 0.6 is 11.6 Å². The van der Waals surface area contributed by atoms with Gasteiger partial charge in [0.15, 0.2) is 5.76 Å². The van der Waals surface area contributed by atoms with Gasteiger partial charge in [0.1, 0.15) is 17.6 Å². The van der Waals surface area contributed by atoms with Crippen molar-refractivity contribution in [3.63, 3.8) is 0 Å². The maximum absolute atomic E-state index is 13.1. The van der Waals surface area contributed by atoms with Crippen LogP contribution in [0.2, 0.25) is 5.02 Å². The number of carbonyl (C=O) groups excluding carboxylic acids is 2. The lowest BCUT2D eigenvalue weighted by molar-refractivity contribution is -0.123. The first kappa shape index (κ1) is 26.6. The maximum Gasteiger partial charge on any atom is 0.287 e.